The summed E-state index contributed by atoms with van der Waals surface area (Å²) < 4.78 is 2.30. The average Bonchev–Trinajstić information content (AvgIpc) is 2.67. The molecule has 1 fully saturated rings. The van der Waals surface area contributed by atoms with E-state index in [4.69, 9.17) is 10.7 Å². The number of anilines is 1. The first kappa shape index (κ1) is 15.4. The summed E-state index contributed by atoms with van der Waals surface area (Å²) in [5.41, 5.74) is 7.54. The number of hydrogen-bond donors (Lipinski definition) is 1. The van der Waals surface area contributed by atoms with Crippen molar-refractivity contribution in [2.75, 3.05) is 5.73 Å². The molecule has 2 N–H and O–H groups in total. The van der Waals surface area contributed by atoms with Gasteiger partial charge in [0.1, 0.15) is 11.6 Å². The maximum atomic E-state index is 6.48. The molecule has 20 heavy (non-hydrogen) atoms. The van der Waals surface area contributed by atoms with E-state index in [9.17, 15) is 0 Å². The molecule has 0 bridgehead atoms. The van der Waals surface area contributed by atoms with Gasteiger partial charge in [-0.25, -0.2) is 4.98 Å². The number of imidazole rings is 1. The fourth-order valence-corrected chi connectivity index (χ4v) is 3.34. The van der Waals surface area contributed by atoms with Crippen molar-refractivity contribution in [1.29, 1.82) is 0 Å². The monoisotopic (exact) mass is 277 g/mol. The highest BCUT2D eigenvalue weighted by Crippen LogP contribution is 2.39. The Balaban J connectivity index is 2.54. The van der Waals surface area contributed by atoms with E-state index in [1.54, 1.807) is 0 Å². The smallest absolute Gasteiger partial charge is 0.127 e. The van der Waals surface area contributed by atoms with Crippen molar-refractivity contribution in [1.82, 2.24) is 9.55 Å². The van der Waals surface area contributed by atoms with Crippen molar-refractivity contribution in [2.45, 2.75) is 90.5 Å². The molecular formula is C17H31N3. The zero-order chi connectivity index (χ0) is 15.1. The van der Waals surface area contributed by atoms with E-state index in [-0.39, 0.29) is 11.0 Å². The van der Waals surface area contributed by atoms with Crippen LogP contribution in [0.15, 0.2) is 0 Å². The molecular weight excluding hydrogens is 246 g/mol. The van der Waals surface area contributed by atoms with Gasteiger partial charge in [-0.1, -0.05) is 40.0 Å². The van der Waals surface area contributed by atoms with Crippen molar-refractivity contribution in [3.63, 3.8) is 0 Å². The van der Waals surface area contributed by atoms with Gasteiger partial charge in [0, 0.05) is 16.9 Å². The molecule has 0 saturated heterocycles. The molecule has 0 aliphatic heterocycles. The number of nitrogens with two attached hydrogens (primary N) is 1. The highest BCUT2D eigenvalue weighted by molar-refractivity contribution is 5.44. The summed E-state index contributed by atoms with van der Waals surface area (Å²) in [6, 6.07) is 0. The number of hydrogen-bond acceptors (Lipinski definition) is 2. The third-order valence-corrected chi connectivity index (χ3v) is 4.29. The van der Waals surface area contributed by atoms with Crippen molar-refractivity contribution in [2.24, 2.45) is 0 Å². The van der Waals surface area contributed by atoms with Crippen LogP contribution in [-0.4, -0.2) is 9.55 Å². The Hall–Kier alpha value is -0.990. The molecule has 3 nitrogen and oxygen atoms in total. The predicted molar refractivity (Wildman–Crippen MR) is 86.2 cm³/mol. The van der Waals surface area contributed by atoms with E-state index >= 15 is 0 Å². The highest BCUT2D eigenvalue weighted by atomic mass is 15.2. The molecule has 1 aromatic heterocycles. The summed E-state index contributed by atoms with van der Waals surface area (Å²) in [5.74, 6) is 2.67. The van der Waals surface area contributed by atoms with Crippen LogP contribution in [-0.2, 0) is 11.0 Å². The maximum Gasteiger partial charge on any atom is 0.127 e. The van der Waals surface area contributed by atoms with E-state index in [0.29, 0.717) is 5.92 Å². The Morgan fingerprint density at radius 3 is 2.00 bits per heavy atom. The van der Waals surface area contributed by atoms with Gasteiger partial charge < -0.3 is 10.3 Å². The zero-order valence-corrected chi connectivity index (χ0v) is 14.1. The van der Waals surface area contributed by atoms with Crippen LogP contribution in [0, 0.1) is 0 Å². The van der Waals surface area contributed by atoms with Crippen LogP contribution < -0.4 is 5.73 Å². The Morgan fingerprint density at radius 1 is 1.00 bits per heavy atom. The molecule has 1 aliphatic carbocycles. The van der Waals surface area contributed by atoms with Crippen molar-refractivity contribution >= 4 is 5.82 Å². The lowest BCUT2D eigenvalue weighted by Crippen LogP contribution is -2.27. The quantitative estimate of drug-likeness (QED) is 0.817. The molecule has 0 spiro atoms. The molecule has 2 rings (SSSR count). The fraction of sp³-hybridized carbons (Fsp3) is 0.824. The number of nitrogens with zero attached hydrogens (tertiary/aromatic N) is 2. The minimum absolute atomic E-state index is 0.00397. The summed E-state index contributed by atoms with van der Waals surface area (Å²) in [4.78, 5) is 5.01. The summed E-state index contributed by atoms with van der Waals surface area (Å²) in [6.07, 6.45) is 6.54. The molecule has 0 aromatic carbocycles. The van der Waals surface area contributed by atoms with Crippen LogP contribution in [0.1, 0.15) is 91.1 Å². The number of nitrogen functional groups attached to an aromatic ring is 1. The van der Waals surface area contributed by atoms with Crippen molar-refractivity contribution in [3.05, 3.63) is 11.5 Å². The van der Waals surface area contributed by atoms with Gasteiger partial charge in [-0.05, 0) is 33.6 Å². The second kappa shape index (κ2) is 5.09. The predicted octanol–water partition coefficient (Wildman–Crippen LogP) is 4.57. The van der Waals surface area contributed by atoms with Gasteiger partial charge in [0.05, 0.1) is 5.69 Å². The maximum absolute atomic E-state index is 6.48. The number of aromatic nitrogens is 2. The van der Waals surface area contributed by atoms with E-state index < -0.39 is 0 Å². The zero-order valence-electron chi connectivity index (χ0n) is 14.1. The van der Waals surface area contributed by atoms with Gasteiger partial charge in [-0.3, -0.25) is 0 Å². The minimum atomic E-state index is -0.00658. The largest absolute Gasteiger partial charge is 0.384 e. The van der Waals surface area contributed by atoms with E-state index in [1.165, 1.54) is 37.9 Å². The molecule has 0 atom stereocenters. The van der Waals surface area contributed by atoms with Crippen LogP contribution in [0.2, 0.25) is 0 Å². The van der Waals surface area contributed by atoms with Crippen LogP contribution in [0.25, 0.3) is 0 Å². The van der Waals surface area contributed by atoms with Gasteiger partial charge in [0.2, 0.25) is 0 Å². The van der Waals surface area contributed by atoms with E-state index in [1.807, 2.05) is 0 Å². The van der Waals surface area contributed by atoms with Crippen LogP contribution >= 0.6 is 0 Å². The SMILES string of the molecule is CC(C)(C)c1nc(C2CCCCC2)n(C(C)(C)C)c1N. The molecule has 3 heteroatoms. The first-order valence-corrected chi connectivity index (χ1v) is 8.01. The molecule has 0 amide bonds. The Morgan fingerprint density at radius 2 is 1.55 bits per heavy atom. The third kappa shape index (κ3) is 2.87. The second-order valence-corrected chi connectivity index (χ2v) is 8.30. The minimum Gasteiger partial charge on any atom is -0.384 e. The van der Waals surface area contributed by atoms with Gasteiger partial charge in [-0.15, -0.1) is 0 Å². The summed E-state index contributed by atoms with van der Waals surface area (Å²) in [5, 5.41) is 0. The lowest BCUT2D eigenvalue weighted by atomic mass is 9.88. The molecule has 0 unspecified atom stereocenters. The van der Waals surface area contributed by atoms with E-state index in [2.05, 4.69) is 46.1 Å². The van der Waals surface area contributed by atoms with Gasteiger partial charge in [0.15, 0.2) is 0 Å². The third-order valence-electron chi connectivity index (χ3n) is 4.29. The van der Waals surface area contributed by atoms with Crippen LogP contribution in [0.4, 0.5) is 5.82 Å². The Kier molecular flexibility index (Phi) is 3.92. The number of rotatable bonds is 1. The second-order valence-electron chi connectivity index (χ2n) is 8.30. The molecule has 1 heterocycles. The van der Waals surface area contributed by atoms with Crippen LogP contribution in [0.5, 0.6) is 0 Å². The van der Waals surface area contributed by atoms with E-state index in [0.717, 1.165) is 11.5 Å². The standard InChI is InChI=1S/C17H31N3/c1-16(2,3)13-14(18)20(17(4,5)6)15(19-13)12-10-8-7-9-11-12/h12H,7-11,18H2,1-6H3. The first-order chi connectivity index (χ1) is 9.12. The topological polar surface area (TPSA) is 43.8 Å². The average molecular weight is 277 g/mol. The lowest BCUT2D eigenvalue weighted by molar-refractivity contribution is 0.349. The molecule has 0 radical (unpaired) electrons. The Labute approximate surface area is 124 Å². The molecule has 1 aliphatic rings. The molecule has 1 aromatic rings. The highest BCUT2D eigenvalue weighted by Gasteiger charge is 2.32. The Bertz CT molecular complexity index is 466. The van der Waals surface area contributed by atoms with Gasteiger partial charge in [-0.2, -0.15) is 0 Å². The molecule has 114 valence electrons. The van der Waals surface area contributed by atoms with Crippen molar-refractivity contribution < 1.29 is 0 Å². The normalized spacial score (nSPS) is 18.5. The first-order valence-electron chi connectivity index (χ1n) is 8.01. The fourth-order valence-electron chi connectivity index (χ4n) is 3.34. The van der Waals surface area contributed by atoms with Crippen LogP contribution in [0.3, 0.4) is 0 Å². The van der Waals surface area contributed by atoms with Gasteiger partial charge >= 0.3 is 0 Å². The summed E-state index contributed by atoms with van der Waals surface area (Å²) in [7, 11) is 0. The summed E-state index contributed by atoms with van der Waals surface area (Å²) in [6.45, 7) is 13.3. The van der Waals surface area contributed by atoms with Gasteiger partial charge in [0.25, 0.3) is 0 Å². The molecule has 1 saturated carbocycles. The summed E-state index contributed by atoms with van der Waals surface area (Å²) >= 11 is 0. The lowest BCUT2D eigenvalue weighted by Gasteiger charge is -2.29. The van der Waals surface area contributed by atoms with Crippen molar-refractivity contribution in [3.8, 4) is 0 Å².